The first-order chi connectivity index (χ1) is 19.2. The van der Waals surface area contributed by atoms with Crippen LogP contribution in [-0.2, 0) is 22.6 Å². The number of amides is 3. The summed E-state index contributed by atoms with van der Waals surface area (Å²) >= 11 is 1.64. The van der Waals surface area contributed by atoms with E-state index < -0.39 is 11.6 Å². The molecule has 0 fully saturated rings. The third-order valence-electron chi connectivity index (χ3n) is 7.14. The van der Waals surface area contributed by atoms with Crippen molar-refractivity contribution in [2.75, 3.05) is 11.4 Å². The molecule has 0 saturated carbocycles. The summed E-state index contributed by atoms with van der Waals surface area (Å²) in [6.07, 6.45) is 1.18. The van der Waals surface area contributed by atoms with Crippen LogP contribution < -0.4 is 21.3 Å². The first kappa shape index (κ1) is 27.6. The fraction of sp³-hybridized carbons (Fsp3) is 0.281. The lowest BCUT2D eigenvalue weighted by Crippen LogP contribution is -2.56. The van der Waals surface area contributed by atoms with Gasteiger partial charge in [0.1, 0.15) is 6.04 Å². The molecule has 0 radical (unpaired) electrons. The van der Waals surface area contributed by atoms with Crippen LogP contribution in [0.4, 0.5) is 5.69 Å². The Kier molecular flexibility index (Phi) is 7.74. The number of hydrogen-bond donors (Lipinski definition) is 3. The summed E-state index contributed by atoms with van der Waals surface area (Å²) in [6, 6.07) is 23.2. The van der Waals surface area contributed by atoms with Crippen LogP contribution in [0.25, 0.3) is 20.5 Å². The average Bonchev–Trinajstić information content (AvgIpc) is 3.31. The molecule has 8 heteroatoms. The maximum atomic E-state index is 13.8. The van der Waals surface area contributed by atoms with Crippen molar-refractivity contribution in [1.29, 1.82) is 0 Å². The summed E-state index contributed by atoms with van der Waals surface area (Å²) in [7, 11) is 0. The maximum absolute atomic E-state index is 13.8. The Bertz CT molecular complexity index is 1590. The standard InChI is InChI=1S/C32H34N4O3S/c1-4-34-29(37)24-11-7-6-10-23(24)28-18-22-17-20(13-16-27(22)40-28)19-36-26-12-8-5-9-21(26)14-15-25(30(36)38)35-31(39)32(2,3)33/h5-13,16-18,25H,4,14-15,19,33H2,1-3H3,(H,34,37)(H,35,39). The van der Waals surface area contributed by atoms with Crippen molar-refractivity contribution in [3.8, 4) is 10.4 Å². The molecule has 40 heavy (non-hydrogen) atoms. The summed E-state index contributed by atoms with van der Waals surface area (Å²) in [4.78, 5) is 41.9. The van der Waals surface area contributed by atoms with E-state index in [2.05, 4.69) is 28.8 Å². The highest BCUT2D eigenvalue weighted by Crippen LogP contribution is 2.36. The summed E-state index contributed by atoms with van der Waals surface area (Å²) in [5.74, 6) is -0.587. The van der Waals surface area contributed by atoms with Crippen LogP contribution in [0.15, 0.2) is 72.8 Å². The summed E-state index contributed by atoms with van der Waals surface area (Å²) in [6.45, 7) is 6.11. The number of nitrogens with one attached hydrogen (secondary N) is 2. The number of nitrogens with two attached hydrogens (primary N) is 1. The Hall–Kier alpha value is -4.01. The van der Waals surface area contributed by atoms with Crippen LogP contribution in [0, 0.1) is 0 Å². The topological polar surface area (TPSA) is 105 Å². The van der Waals surface area contributed by atoms with Crippen molar-refractivity contribution in [2.24, 2.45) is 5.73 Å². The Labute approximate surface area is 238 Å². The van der Waals surface area contributed by atoms with Crippen molar-refractivity contribution in [3.05, 3.63) is 89.5 Å². The number of thiophene rings is 1. The third kappa shape index (κ3) is 5.64. The SMILES string of the molecule is CCNC(=O)c1ccccc1-c1cc2cc(CN3C(=O)C(NC(=O)C(C)(C)N)CCc4ccccc43)ccc2s1. The van der Waals surface area contributed by atoms with E-state index >= 15 is 0 Å². The number of fused-ring (bicyclic) bond motifs is 2. The number of carbonyl (C=O) groups excluding carboxylic acids is 3. The highest BCUT2D eigenvalue weighted by molar-refractivity contribution is 7.22. The molecule has 1 aromatic heterocycles. The van der Waals surface area contributed by atoms with Gasteiger partial charge >= 0.3 is 0 Å². The van der Waals surface area contributed by atoms with Gasteiger partial charge in [0.2, 0.25) is 11.8 Å². The van der Waals surface area contributed by atoms with Gasteiger partial charge in [0.05, 0.1) is 12.1 Å². The number of aryl methyl sites for hydroxylation is 1. The Morgan fingerprint density at radius 1 is 1.05 bits per heavy atom. The van der Waals surface area contributed by atoms with Gasteiger partial charge in [-0.25, -0.2) is 0 Å². The van der Waals surface area contributed by atoms with E-state index in [4.69, 9.17) is 5.73 Å². The van der Waals surface area contributed by atoms with Gasteiger partial charge in [0, 0.05) is 32.9 Å². The summed E-state index contributed by atoms with van der Waals surface area (Å²) in [5, 5.41) is 6.83. The van der Waals surface area contributed by atoms with Crippen LogP contribution >= 0.6 is 11.3 Å². The van der Waals surface area contributed by atoms with Crippen molar-refractivity contribution < 1.29 is 14.4 Å². The van der Waals surface area contributed by atoms with Crippen LogP contribution in [-0.4, -0.2) is 35.8 Å². The zero-order valence-corrected chi connectivity index (χ0v) is 23.8. The minimum Gasteiger partial charge on any atom is -0.352 e. The molecule has 0 bridgehead atoms. The quantitative estimate of drug-likeness (QED) is 0.298. The number of anilines is 1. The zero-order chi connectivity index (χ0) is 28.4. The molecule has 1 aliphatic heterocycles. The molecule has 0 saturated heterocycles. The normalized spacial score (nSPS) is 15.4. The van der Waals surface area contributed by atoms with E-state index in [0.717, 1.165) is 37.3 Å². The molecule has 1 unspecified atom stereocenters. The van der Waals surface area contributed by atoms with Gasteiger partial charge in [0.15, 0.2) is 0 Å². The Morgan fingerprint density at radius 2 is 1.80 bits per heavy atom. The van der Waals surface area contributed by atoms with Crippen molar-refractivity contribution in [3.63, 3.8) is 0 Å². The fourth-order valence-corrected chi connectivity index (χ4v) is 6.10. The lowest BCUT2D eigenvalue weighted by atomic mass is 10.0. The third-order valence-corrected chi connectivity index (χ3v) is 8.28. The highest BCUT2D eigenvalue weighted by atomic mass is 32.1. The number of hydrogen-bond acceptors (Lipinski definition) is 5. The lowest BCUT2D eigenvalue weighted by molar-refractivity contribution is -0.130. The molecular weight excluding hydrogens is 520 g/mol. The highest BCUT2D eigenvalue weighted by Gasteiger charge is 2.34. The van der Waals surface area contributed by atoms with Gasteiger partial charge < -0.3 is 21.3 Å². The molecular formula is C32H34N4O3S. The molecule has 4 N–H and O–H groups in total. The van der Waals surface area contributed by atoms with Gasteiger partial charge in [-0.05, 0) is 80.5 Å². The molecule has 3 amide bonds. The van der Waals surface area contributed by atoms with Crippen LogP contribution in [0.5, 0.6) is 0 Å². The molecule has 0 aliphatic carbocycles. The number of para-hydroxylation sites is 1. The smallest absolute Gasteiger partial charge is 0.251 e. The Morgan fingerprint density at radius 3 is 2.58 bits per heavy atom. The molecule has 7 nitrogen and oxygen atoms in total. The Balaban J connectivity index is 1.47. The minimum atomic E-state index is -1.08. The molecule has 4 aromatic rings. The molecule has 2 heterocycles. The van der Waals surface area contributed by atoms with Gasteiger partial charge in [-0.1, -0.05) is 42.5 Å². The average molecular weight is 555 g/mol. The predicted molar refractivity (Wildman–Crippen MR) is 161 cm³/mol. The monoisotopic (exact) mass is 554 g/mol. The van der Waals surface area contributed by atoms with E-state index in [1.165, 1.54) is 0 Å². The first-order valence-corrected chi connectivity index (χ1v) is 14.4. The van der Waals surface area contributed by atoms with E-state index in [1.54, 1.807) is 30.1 Å². The number of rotatable bonds is 7. The lowest BCUT2D eigenvalue weighted by Gasteiger charge is -2.28. The largest absolute Gasteiger partial charge is 0.352 e. The first-order valence-electron chi connectivity index (χ1n) is 13.5. The second-order valence-corrected chi connectivity index (χ2v) is 11.8. The molecule has 1 aliphatic rings. The van der Waals surface area contributed by atoms with Crippen LogP contribution in [0.3, 0.4) is 0 Å². The predicted octanol–water partition coefficient (Wildman–Crippen LogP) is 5.02. The van der Waals surface area contributed by atoms with Crippen LogP contribution in [0.1, 0.15) is 48.7 Å². The fourth-order valence-electron chi connectivity index (χ4n) is 5.02. The second kappa shape index (κ2) is 11.2. The molecule has 0 spiro atoms. The zero-order valence-electron chi connectivity index (χ0n) is 23.0. The van der Waals surface area contributed by atoms with Gasteiger partial charge in [0.25, 0.3) is 5.91 Å². The van der Waals surface area contributed by atoms with Crippen molar-refractivity contribution in [1.82, 2.24) is 10.6 Å². The molecule has 1 atom stereocenters. The number of nitrogens with zero attached hydrogens (tertiary/aromatic N) is 1. The van der Waals surface area contributed by atoms with E-state index in [-0.39, 0.29) is 17.7 Å². The minimum absolute atomic E-state index is 0.0887. The van der Waals surface area contributed by atoms with Crippen molar-refractivity contribution in [2.45, 2.75) is 51.7 Å². The molecule has 3 aromatic carbocycles. The van der Waals surface area contributed by atoms with E-state index in [1.807, 2.05) is 61.5 Å². The van der Waals surface area contributed by atoms with Gasteiger partial charge in [-0.3, -0.25) is 14.4 Å². The maximum Gasteiger partial charge on any atom is 0.251 e. The summed E-state index contributed by atoms with van der Waals surface area (Å²) in [5.41, 5.74) is 9.37. The second-order valence-electron chi connectivity index (χ2n) is 10.7. The molecule has 206 valence electrons. The molecule has 5 rings (SSSR count). The van der Waals surface area contributed by atoms with Crippen molar-refractivity contribution >= 4 is 44.8 Å². The van der Waals surface area contributed by atoms with Crippen LogP contribution in [0.2, 0.25) is 0 Å². The van der Waals surface area contributed by atoms with Gasteiger partial charge in [-0.15, -0.1) is 11.3 Å². The number of carbonyl (C=O) groups is 3. The number of benzene rings is 3. The van der Waals surface area contributed by atoms with E-state index in [9.17, 15) is 14.4 Å². The van der Waals surface area contributed by atoms with Gasteiger partial charge in [-0.2, -0.15) is 0 Å². The van der Waals surface area contributed by atoms with E-state index in [0.29, 0.717) is 31.5 Å². The summed E-state index contributed by atoms with van der Waals surface area (Å²) < 4.78 is 1.10.